The van der Waals surface area contributed by atoms with Crippen molar-refractivity contribution in [1.82, 2.24) is 0 Å². The van der Waals surface area contributed by atoms with Gasteiger partial charge in [0.05, 0.1) is 0 Å². The Hall–Kier alpha value is -2.41. The average Bonchev–Trinajstić information content (AvgIpc) is 2.46. The SMILES string of the molecule is C=Cc1cccc(C=CC(=O)c2ccccc2)c1. The zero-order valence-electron chi connectivity index (χ0n) is 10.0. The minimum absolute atomic E-state index is 0.0135. The molecule has 0 aliphatic rings. The number of allylic oxidation sites excluding steroid dienone is 1. The first-order valence-corrected chi connectivity index (χ1v) is 5.79. The standard InChI is InChI=1S/C17H14O/c1-2-14-7-6-8-15(13-14)11-12-17(18)16-9-4-3-5-10-16/h2-13H,1H2. The highest BCUT2D eigenvalue weighted by atomic mass is 16.1. The van der Waals surface area contributed by atoms with E-state index in [0.29, 0.717) is 5.56 Å². The zero-order valence-corrected chi connectivity index (χ0v) is 10.0. The largest absolute Gasteiger partial charge is 0.289 e. The Morgan fingerprint density at radius 2 is 1.67 bits per heavy atom. The number of ketones is 1. The van der Waals surface area contributed by atoms with Crippen LogP contribution < -0.4 is 0 Å². The fourth-order valence-electron chi connectivity index (χ4n) is 1.66. The molecule has 0 saturated heterocycles. The molecule has 0 amide bonds. The molecule has 0 fully saturated rings. The maximum Gasteiger partial charge on any atom is 0.185 e. The third-order valence-corrected chi connectivity index (χ3v) is 2.63. The lowest BCUT2D eigenvalue weighted by atomic mass is 10.1. The van der Waals surface area contributed by atoms with E-state index in [0.717, 1.165) is 11.1 Å². The van der Waals surface area contributed by atoms with Crippen molar-refractivity contribution in [3.8, 4) is 0 Å². The van der Waals surface area contributed by atoms with Crippen LogP contribution >= 0.6 is 0 Å². The summed E-state index contributed by atoms with van der Waals surface area (Å²) in [6.07, 6.45) is 5.20. The highest BCUT2D eigenvalue weighted by Crippen LogP contribution is 2.09. The molecule has 0 spiro atoms. The molecule has 0 unspecified atom stereocenters. The van der Waals surface area contributed by atoms with Gasteiger partial charge in [0.2, 0.25) is 0 Å². The Kier molecular flexibility index (Phi) is 3.87. The summed E-state index contributed by atoms with van der Waals surface area (Å²) in [5, 5.41) is 0. The summed E-state index contributed by atoms with van der Waals surface area (Å²) >= 11 is 0. The third kappa shape index (κ3) is 3.05. The highest BCUT2D eigenvalue weighted by molar-refractivity contribution is 6.06. The molecule has 2 rings (SSSR count). The van der Waals surface area contributed by atoms with Crippen LogP contribution in [0.15, 0.2) is 67.3 Å². The normalized spacial score (nSPS) is 10.4. The van der Waals surface area contributed by atoms with Crippen LogP contribution in [-0.2, 0) is 0 Å². The number of benzene rings is 2. The molecule has 0 saturated carbocycles. The van der Waals surface area contributed by atoms with Crippen LogP contribution in [0.1, 0.15) is 21.5 Å². The van der Waals surface area contributed by atoms with Crippen LogP contribution in [-0.4, -0.2) is 5.78 Å². The summed E-state index contributed by atoms with van der Waals surface area (Å²) in [6.45, 7) is 3.72. The maximum atomic E-state index is 11.9. The van der Waals surface area contributed by atoms with Gasteiger partial charge in [0.25, 0.3) is 0 Å². The summed E-state index contributed by atoms with van der Waals surface area (Å²) in [5.74, 6) is 0.0135. The number of rotatable bonds is 4. The van der Waals surface area contributed by atoms with Gasteiger partial charge in [0.15, 0.2) is 5.78 Å². The van der Waals surface area contributed by atoms with Crippen molar-refractivity contribution in [2.24, 2.45) is 0 Å². The van der Waals surface area contributed by atoms with Gasteiger partial charge in [-0.25, -0.2) is 0 Å². The van der Waals surface area contributed by atoms with Gasteiger partial charge < -0.3 is 0 Å². The second kappa shape index (κ2) is 5.78. The number of carbonyl (C=O) groups is 1. The minimum Gasteiger partial charge on any atom is -0.289 e. The van der Waals surface area contributed by atoms with Crippen LogP contribution in [0, 0.1) is 0 Å². The summed E-state index contributed by atoms with van der Waals surface area (Å²) < 4.78 is 0. The van der Waals surface area contributed by atoms with E-state index in [1.807, 2.05) is 60.7 Å². The fraction of sp³-hybridized carbons (Fsp3) is 0. The molecule has 0 atom stereocenters. The molecule has 0 aliphatic heterocycles. The van der Waals surface area contributed by atoms with Crippen molar-refractivity contribution >= 4 is 17.9 Å². The third-order valence-electron chi connectivity index (χ3n) is 2.63. The molecule has 0 aromatic heterocycles. The van der Waals surface area contributed by atoms with Crippen molar-refractivity contribution in [2.75, 3.05) is 0 Å². The van der Waals surface area contributed by atoms with Gasteiger partial charge in [-0.3, -0.25) is 4.79 Å². The van der Waals surface area contributed by atoms with Crippen LogP contribution in [0.2, 0.25) is 0 Å². The fourth-order valence-corrected chi connectivity index (χ4v) is 1.66. The number of hydrogen-bond donors (Lipinski definition) is 0. The van der Waals surface area contributed by atoms with E-state index in [1.54, 1.807) is 12.2 Å². The molecule has 88 valence electrons. The van der Waals surface area contributed by atoms with E-state index in [-0.39, 0.29) is 5.78 Å². The predicted octanol–water partition coefficient (Wildman–Crippen LogP) is 4.23. The van der Waals surface area contributed by atoms with Gasteiger partial charge in [-0.1, -0.05) is 67.3 Å². The Morgan fingerprint density at radius 1 is 0.944 bits per heavy atom. The van der Waals surface area contributed by atoms with Gasteiger partial charge in [0, 0.05) is 5.56 Å². The van der Waals surface area contributed by atoms with Gasteiger partial charge in [-0.15, -0.1) is 0 Å². The Labute approximate surface area is 107 Å². The molecule has 1 heteroatoms. The molecule has 1 nitrogen and oxygen atoms in total. The van der Waals surface area contributed by atoms with Crippen molar-refractivity contribution in [3.05, 3.63) is 83.9 Å². The van der Waals surface area contributed by atoms with Crippen molar-refractivity contribution in [2.45, 2.75) is 0 Å². The number of hydrogen-bond acceptors (Lipinski definition) is 1. The Bertz CT molecular complexity index is 580. The van der Waals surface area contributed by atoms with E-state index in [2.05, 4.69) is 6.58 Å². The zero-order chi connectivity index (χ0) is 12.8. The van der Waals surface area contributed by atoms with Gasteiger partial charge >= 0.3 is 0 Å². The van der Waals surface area contributed by atoms with E-state index < -0.39 is 0 Å². The first-order valence-electron chi connectivity index (χ1n) is 5.79. The monoisotopic (exact) mass is 234 g/mol. The van der Waals surface area contributed by atoms with E-state index in [1.165, 1.54) is 0 Å². The molecule has 0 N–H and O–H groups in total. The summed E-state index contributed by atoms with van der Waals surface area (Å²) in [6, 6.07) is 17.1. The molecule has 0 bridgehead atoms. The quantitative estimate of drug-likeness (QED) is 0.571. The van der Waals surface area contributed by atoms with Crippen molar-refractivity contribution < 1.29 is 4.79 Å². The predicted molar refractivity (Wildman–Crippen MR) is 76.3 cm³/mol. The van der Waals surface area contributed by atoms with Crippen molar-refractivity contribution in [1.29, 1.82) is 0 Å². The van der Waals surface area contributed by atoms with Crippen LogP contribution in [0.3, 0.4) is 0 Å². The topological polar surface area (TPSA) is 17.1 Å². The Balaban J connectivity index is 2.16. The van der Waals surface area contributed by atoms with Crippen LogP contribution in [0.5, 0.6) is 0 Å². The molecule has 2 aromatic rings. The molecule has 2 aromatic carbocycles. The van der Waals surface area contributed by atoms with Gasteiger partial charge in [-0.2, -0.15) is 0 Å². The molecular formula is C17H14O. The summed E-state index contributed by atoms with van der Waals surface area (Å²) in [5.41, 5.74) is 2.75. The van der Waals surface area contributed by atoms with E-state index in [4.69, 9.17) is 0 Å². The lowest BCUT2D eigenvalue weighted by molar-refractivity contribution is 0.104. The lowest BCUT2D eigenvalue weighted by Crippen LogP contribution is -1.92. The second-order valence-electron chi connectivity index (χ2n) is 3.94. The molecule has 18 heavy (non-hydrogen) atoms. The maximum absolute atomic E-state index is 11.9. The number of carbonyl (C=O) groups excluding carboxylic acids is 1. The highest BCUT2D eigenvalue weighted by Gasteiger charge is 1.99. The van der Waals surface area contributed by atoms with Gasteiger partial charge in [0.1, 0.15) is 0 Å². The van der Waals surface area contributed by atoms with E-state index >= 15 is 0 Å². The van der Waals surface area contributed by atoms with Crippen molar-refractivity contribution in [3.63, 3.8) is 0 Å². The second-order valence-corrected chi connectivity index (χ2v) is 3.94. The van der Waals surface area contributed by atoms with Crippen LogP contribution in [0.4, 0.5) is 0 Å². The van der Waals surface area contributed by atoms with E-state index in [9.17, 15) is 4.79 Å². The molecular weight excluding hydrogens is 220 g/mol. The molecule has 0 radical (unpaired) electrons. The summed E-state index contributed by atoms with van der Waals surface area (Å²) in [4.78, 5) is 11.9. The first kappa shape index (κ1) is 12.1. The Morgan fingerprint density at radius 3 is 2.39 bits per heavy atom. The first-order chi connectivity index (χ1) is 8.79. The van der Waals surface area contributed by atoms with Crippen LogP contribution in [0.25, 0.3) is 12.2 Å². The smallest absolute Gasteiger partial charge is 0.185 e. The molecule has 0 heterocycles. The lowest BCUT2D eigenvalue weighted by Gasteiger charge is -1.97. The average molecular weight is 234 g/mol. The molecule has 0 aliphatic carbocycles. The summed E-state index contributed by atoms with van der Waals surface area (Å²) in [7, 11) is 0. The minimum atomic E-state index is 0.0135. The van der Waals surface area contributed by atoms with Gasteiger partial charge in [-0.05, 0) is 23.3 Å².